The molecule has 186 valence electrons. The van der Waals surface area contributed by atoms with Crippen molar-refractivity contribution >= 4 is 38.9 Å². The summed E-state index contributed by atoms with van der Waals surface area (Å²) >= 11 is 0. The van der Waals surface area contributed by atoms with Crippen molar-refractivity contribution in [2.45, 2.75) is 64.1 Å². The van der Waals surface area contributed by atoms with Gasteiger partial charge in [0.1, 0.15) is 5.92 Å². The third-order valence-corrected chi connectivity index (χ3v) is 7.28. The highest BCUT2D eigenvalue weighted by Gasteiger charge is 2.53. The molecule has 0 fully saturated rings. The summed E-state index contributed by atoms with van der Waals surface area (Å²) in [5.41, 5.74) is 4.40. The van der Waals surface area contributed by atoms with Gasteiger partial charge in [0.05, 0.1) is 0 Å². The molecule has 1 aliphatic carbocycles. The van der Waals surface area contributed by atoms with Gasteiger partial charge < -0.3 is 20.2 Å². The third-order valence-electron chi connectivity index (χ3n) is 7.28. The lowest BCUT2D eigenvalue weighted by Gasteiger charge is -2.33. The normalized spacial score (nSPS) is 17.8. The number of carbonyl (C=O) groups excluding carboxylic acids is 2. The van der Waals surface area contributed by atoms with E-state index in [0.29, 0.717) is 24.0 Å². The molecule has 0 saturated heterocycles. The molecule has 0 radical (unpaired) electrons. The Morgan fingerprint density at radius 3 is 2.03 bits per heavy atom. The van der Waals surface area contributed by atoms with E-state index in [-0.39, 0.29) is 5.57 Å². The number of allylic oxidation sites excluding steroid dienone is 1. The molecule has 2 heterocycles. The van der Waals surface area contributed by atoms with Gasteiger partial charge >= 0.3 is 0 Å². The second kappa shape index (κ2) is 9.52. The van der Waals surface area contributed by atoms with E-state index in [0.717, 1.165) is 58.9 Å². The Kier molecular flexibility index (Phi) is 6.41. The number of aliphatic hydroxyl groups is 2. The summed E-state index contributed by atoms with van der Waals surface area (Å²) in [7, 11) is 0. The maximum absolute atomic E-state index is 13.8. The van der Waals surface area contributed by atoms with Crippen molar-refractivity contribution in [3.8, 4) is 0 Å². The van der Waals surface area contributed by atoms with E-state index >= 15 is 0 Å². The minimum atomic E-state index is -2.87. The SMILES string of the molecule is CCCCc1[nH]c2ccccc2c1C1=CC(=O)C(c2c(CCCC)[nH]c3ccccc23)C(O)(O)C1=O. The predicted molar refractivity (Wildman–Crippen MR) is 142 cm³/mol. The highest BCUT2D eigenvalue weighted by molar-refractivity contribution is 6.34. The summed E-state index contributed by atoms with van der Waals surface area (Å²) < 4.78 is 0. The maximum Gasteiger partial charge on any atom is 0.243 e. The van der Waals surface area contributed by atoms with Crippen LogP contribution in [0.1, 0.15) is 68.0 Å². The standard InChI is InChI=1S/C30H32N2O4/c1-3-5-13-23-26(18-11-7-9-15-21(18)31-23)20-17-25(33)28(30(35,36)29(20)34)27-19-12-8-10-16-22(19)32-24(27)14-6-4-2/h7-12,15-17,28,31-32,35-36H,3-6,13-14H2,1-2H3. The molecule has 0 spiro atoms. The Hall–Kier alpha value is -3.48. The number of aromatic nitrogens is 2. The van der Waals surface area contributed by atoms with Crippen LogP contribution >= 0.6 is 0 Å². The first-order valence-electron chi connectivity index (χ1n) is 12.8. The fraction of sp³-hybridized carbons (Fsp3) is 0.333. The van der Waals surface area contributed by atoms with Crippen LogP contribution in [0, 0.1) is 0 Å². The zero-order chi connectivity index (χ0) is 25.4. The van der Waals surface area contributed by atoms with Gasteiger partial charge in [0.2, 0.25) is 11.6 Å². The molecule has 1 atom stereocenters. The van der Waals surface area contributed by atoms with Crippen LogP contribution < -0.4 is 0 Å². The molecule has 1 unspecified atom stereocenters. The van der Waals surface area contributed by atoms with Crippen LogP contribution in [0.2, 0.25) is 0 Å². The van der Waals surface area contributed by atoms with Gasteiger partial charge in [-0.05, 0) is 49.5 Å². The summed E-state index contributed by atoms with van der Waals surface area (Å²) in [5, 5.41) is 24.3. The van der Waals surface area contributed by atoms with Gasteiger partial charge in [0.15, 0.2) is 5.78 Å². The van der Waals surface area contributed by atoms with Crippen molar-refractivity contribution in [2.24, 2.45) is 0 Å². The molecule has 0 amide bonds. The van der Waals surface area contributed by atoms with E-state index in [2.05, 4.69) is 23.8 Å². The molecule has 5 rings (SSSR count). The van der Waals surface area contributed by atoms with Crippen LogP contribution in [0.15, 0.2) is 54.6 Å². The lowest BCUT2D eigenvalue weighted by atomic mass is 9.74. The smallest absolute Gasteiger partial charge is 0.243 e. The number of hydrogen-bond donors (Lipinski definition) is 4. The van der Waals surface area contributed by atoms with Crippen molar-refractivity contribution in [3.05, 3.63) is 77.1 Å². The zero-order valence-electron chi connectivity index (χ0n) is 20.7. The molecule has 4 aromatic rings. The number of aromatic amines is 2. The van der Waals surface area contributed by atoms with Gasteiger partial charge in [-0.3, -0.25) is 9.59 Å². The van der Waals surface area contributed by atoms with E-state index in [9.17, 15) is 19.8 Å². The van der Waals surface area contributed by atoms with Crippen LogP contribution in [0.25, 0.3) is 27.4 Å². The van der Waals surface area contributed by atoms with Crippen LogP contribution in [-0.4, -0.2) is 37.5 Å². The fourth-order valence-electron chi connectivity index (χ4n) is 5.49. The number of unbranched alkanes of at least 4 members (excludes halogenated alkanes) is 2. The van der Waals surface area contributed by atoms with Crippen LogP contribution in [0.3, 0.4) is 0 Å². The van der Waals surface area contributed by atoms with Crippen molar-refractivity contribution in [3.63, 3.8) is 0 Å². The van der Waals surface area contributed by atoms with Crippen molar-refractivity contribution in [2.75, 3.05) is 0 Å². The zero-order valence-corrected chi connectivity index (χ0v) is 20.7. The highest BCUT2D eigenvalue weighted by atomic mass is 16.5. The van der Waals surface area contributed by atoms with Crippen molar-refractivity contribution < 1.29 is 19.8 Å². The molecule has 0 saturated carbocycles. The Bertz CT molecular complexity index is 1490. The molecule has 0 aliphatic heterocycles. The minimum Gasteiger partial charge on any atom is -0.359 e. The number of Topliss-reactive ketones (excluding diaryl/α,β-unsaturated/α-hetero) is 1. The van der Waals surface area contributed by atoms with Gasteiger partial charge in [0, 0.05) is 44.3 Å². The Morgan fingerprint density at radius 1 is 0.806 bits per heavy atom. The van der Waals surface area contributed by atoms with E-state index in [1.54, 1.807) is 0 Å². The van der Waals surface area contributed by atoms with Crippen LogP contribution in [0.5, 0.6) is 0 Å². The molecule has 2 aromatic carbocycles. The monoisotopic (exact) mass is 484 g/mol. The molecule has 1 aliphatic rings. The lowest BCUT2D eigenvalue weighted by Crippen LogP contribution is -2.50. The van der Waals surface area contributed by atoms with Gasteiger partial charge in [-0.25, -0.2) is 0 Å². The first-order chi connectivity index (χ1) is 17.4. The number of fused-ring (bicyclic) bond motifs is 2. The number of carbonyl (C=O) groups is 2. The molecule has 36 heavy (non-hydrogen) atoms. The highest BCUT2D eigenvalue weighted by Crippen LogP contribution is 2.44. The first-order valence-corrected chi connectivity index (χ1v) is 12.8. The minimum absolute atomic E-state index is 0.0553. The number of nitrogens with one attached hydrogen (secondary N) is 2. The maximum atomic E-state index is 13.8. The number of rotatable bonds is 8. The molecular weight excluding hydrogens is 452 g/mol. The Balaban J connectivity index is 1.68. The van der Waals surface area contributed by atoms with Crippen molar-refractivity contribution in [1.29, 1.82) is 0 Å². The van der Waals surface area contributed by atoms with Crippen LogP contribution in [-0.2, 0) is 22.4 Å². The third kappa shape index (κ3) is 3.91. The number of ketones is 2. The second-order valence-corrected chi connectivity index (χ2v) is 9.74. The number of hydrogen-bond acceptors (Lipinski definition) is 4. The first kappa shape index (κ1) is 24.2. The summed E-state index contributed by atoms with van der Waals surface area (Å²) in [6.07, 6.45) is 6.35. The molecule has 6 heteroatoms. The predicted octanol–water partition coefficient (Wildman–Crippen LogP) is 5.33. The van der Waals surface area contributed by atoms with Gasteiger partial charge in [-0.2, -0.15) is 0 Å². The average Bonchev–Trinajstić information content (AvgIpc) is 3.42. The summed E-state index contributed by atoms with van der Waals surface area (Å²) in [4.78, 5) is 34.2. The molecule has 4 N–H and O–H groups in total. The van der Waals surface area contributed by atoms with E-state index in [4.69, 9.17) is 0 Å². The Labute approximate surface area is 210 Å². The Morgan fingerprint density at radius 2 is 1.36 bits per heavy atom. The second-order valence-electron chi connectivity index (χ2n) is 9.74. The number of H-pyrrole nitrogens is 2. The average molecular weight is 485 g/mol. The number of benzene rings is 2. The van der Waals surface area contributed by atoms with Gasteiger partial charge in [-0.1, -0.05) is 63.1 Å². The fourth-order valence-corrected chi connectivity index (χ4v) is 5.49. The largest absolute Gasteiger partial charge is 0.359 e. The van der Waals surface area contributed by atoms with E-state index in [1.165, 1.54) is 6.08 Å². The summed E-state index contributed by atoms with van der Waals surface area (Å²) in [6, 6.07) is 15.1. The molecular formula is C30H32N2O4. The van der Waals surface area contributed by atoms with Crippen LogP contribution in [0.4, 0.5) is 0 Å². The topological polar surface area (TPSA) is 106 Å². The van der Waals surface area contributed by atoms with E-state index in [1.807, 2.05) is 48.5 Å². The number of para-hydroxylation sites is 2. The van der Waals surface area contributed by atoms with Crippen molar-refractivity contribution in [1.82, 2.24) is 9.97 Å². The molecule has 0 bridgehead atoms. The van der Waals surface area contributed by atoms with Gasteiger partial charge in [-0.15, -0.1) is 0 Å². The summed E-state index contributed by atoms with van der Waals surface area (Å²) in [6.45, 7) is 4.16. The molecule has 6 nitrogen and oxygen atoms in total. The number of aryl methyl sites for hydroxylation is 2. The van der Waals surface area contributed by atoms with E-state index < -0.39 is 23.3 Å². The van der Waals surface area contributed by atoms with Gasteiger partial charge in [0.25, 0.3) is 0 Å². The quantitative estimate of drug-likeness (QED) is 0.254. The lowest BCUT2D eigenvalue weighted by molar-refractivity contribution is -0.187. The molecule has 2 aromatic heterocycles. The summed E-state index contributed by atoms with van der Waals surface area (Å²) in [5.74, 6) is -5.60.